The van der Waals surface area contributed by atoms with Gasteiger partial charge in [0.1, 0.15) is 5.69 Å². The number of carbonyl (C=O) groups is 2. The Balaban J connectivity index is 2.22. The Kier molecular flexibility index (Phi) is 5.10. The van der Waals surface area contributed by atoms with Crippen LogP contribution in [0, 0.1) is 17.5 Å². The lowest BCUT2D eigenvalue weighted by atomic mass is 10.1. The van der Waals surface area contributed by atoms with Crippen molar-refractivity contribution < 1.29 is 22.8 Å². The van der Waals surface area contributed by atoms with E-state index in [0.717, 1.165) is 6.07 Å². The van der Waals surface area contributed by atoms with Gasteiger partial charge in [-0.3, -0.25) is 14.6 Å². The first-order chi connectivity index (χ1) is 11.6. The standard InChI is InChI=1S/C17H16F3N3O2/c1-17(2,3)23-15(24)9-6-7-21-12(8-9)16(25)22-11-5-4-10(18)13(19)14(11)20/h4-8H,1-3H3,(H,22,25)(H,23,24). The molecule has 1 aromatic heterocycles. The SMILES string of the molecule is CC(C)(C)NC(=O)c1ccnc(C(=O)Nc2ccc(F)c(F)c2F)c1. The van der Waals surface area contributed by atoms with Crippen molar-refractivity contribution in [3.8, 4) is 0 Å². The molecule has 1 aromatic carbocycles. The van der Waals surface area contributed by atoms with Gasteiger partial charge in [-0.25, -0.2) is 13.2 Å². The largest absolute Gasteiger partial charge is 0.347 e. The Labute approximate surface area is 142 Å². The number of pyridine rings is 1. The van der Waals surface area contributed by atoms with Crippen LogP contribution < -0.4 is 10.6 Å². The molecule has 0 fully saturated rings. The van der Waals surface area contributed by atoms with Gasteiger partial charge in [0, 0.05) is 17.3 Å². The summed E-state index contributed by atoms with van der Waals surface area (Å²) in [6.45, 7) is 5.39. The topological polar surface area (TPSA) is 71.1 Å². The fraction of sp³-hybridized carbons (Fsp3) is 0.235. The lowest BCUT2D eigenvalue weighted by Crippen LogP contribution is -2.40. The summed E-state index contributed by atoms with van der Waals surface area (Å²) < 4.78 is 39.7. The third kappa shape index (κ3) is 4.56. The minimum absolute atomic E-state index is 0.175. The van der Waals surface area contributed by atoms with Crippen LogP contribution in [-0.4, -0.2) is 22.3 Å². The number of amides is 2. The van der Waals surface area contributed by atoms with Gasteiger partial charge in [-0.05, 0) is 45.0 Å². The van der Waals surface area contributed by atoms with Crippen molar-refractivity contribution in [1.29, 1.82) is 0 Å². The second kappa shape index (κ2) is 6.92. The Bertz CT molecular complexity index is 832. The van der Waals surface area contributed by atoms with Crippen LogP contribution in [-0.2, 0) is 0 Å². The Morgan fingerprint density at radius 2 is 1.68 bits per heavy atom. The molecule has 0 radical (unpaired) electrons. The van der Waals surface area contributed by atoms with Crippen molar-refractivity contribution in [2.45, 2.75) is 26.3 Å². The third-order valence-corrected chi connectivity index (χ3v) is 3.03. The molecule has 0 aliphatic carbocycles. The maximum atomic E-state index is 13.6. The third-order valence-electron chi connectivity index (χ3n) is 3.03. The smallest absolute Gasteiger partial charge is 0.274 e. The summed E-state index contributed by atoms with van der Waals surface area (Å²) in [5.41, 5.74) is -1.00. The van der Waals surface area contributed by atoms with Crippen LogP contribution in [0.3, 0.4) is 0 Å². The van der Waals surface area contributed by atoms with Gasteiger partial charge in [-0.1, -0.05) is 0 Å². The molecule has 2 rings (SSSR count). The average Bonchev–Trinajstić information content (AvgIpc) is 2.54. The molecule has 2 N–H and O–H groups in total. The van der Waals surface area contributed by atoms with Crippen molar-refractivity contribution in [2.24, 2.45) is 0 Å². The van der Waals surface area contributed by atoms with Crippen molar-refractivity contribution in [3.05, 3.63) is 59.2 Å². The molecule has 2 amide bonds. The van der Waals surface area contributed by atoms with E-state index in [2.05, 4.69) is 15.6 Å². The number of nitrogens with zero attached hydrogens (tertiary/aromatic N) is 1. The van der Waals surface area contributed by atoms with E-state index in [9.17, 15) is 22.8 Å². The molecule has 8 heteroatoms. The lowest BCUT2D eigenvalue weighted by Gasteiger charge is -2.20. The molecular formula is C17H16F3N3O2. The van der Waals surface area contributed by atoms with Gasteiger partial charge in [0.25, 0.3) is 11.8 Å². The molecule has 1 heterocycles. The number of hydrogen-bond acceptors (Lipinski definition) is 3. The zero-order chi connectivity index (χ0) is 18.8. The van der Waals surface area contributed by atoms with Crippen LogP contribution in [0.5, 0.6) is 0 Å². The Morgan fingerprint density at radius 1 is 1.00 bits per heavy atom. The molecule has 0 atom stereocenters. The molecule has 25 heavy (non-hydrogen) atoms. The highest BCUT2D eigenvalue weighted by Gasteiger charge is 2.19. The van der Waals surface area contributed by atoms with Gasteiger partial charge < -0.3 is 10.6 Å². The predicted molar refractivity (Wildman–Crippen MR) is 85.7 cm³/mol. The predicted octanol–water partition coefficient (Wildman–Crippen LogP) is 3.28. The van der Waals surface area contributed by atoms with Gasteiger partial charge in [-0.2, -0.15) is 0 Å². The highest BCUT2D eigenvalue weighted by molar-refractivity contribution is 6.04. The van der Waals surface area contributed by atoms with Gasteiger partial charge in [0.15, 0.2) is 17.5 Å². The zero-order valence-corrected chi connectivity index (χ0v) is 13.8. The summed E-state index contributed by atoms with van der Waals surface area (Å²) in [7, 11) is 0. The van der Waals surface area contributed by atoms with E-state index < -0.39 is 40.5 Å². The highest BCUT2D eigenvalue weighted by atomic mass is 19.2. The van der Waals surface area contributed by atoms with E-state index in [1.165, 1.54) is 18.3 Å². The Morgan fingerprint density at radius 3 is 2.32 bits per heavy atom. The quantitative estimate of drug-likeness (QED) is 0.834. The lowest BCUT2D eigenvalue weighted by molar-refractivity contribution is 0.0919. The molecular weight excluding hydrogens is 335 g/mol. The number of nitrogens with one attached hydrogen (secondary N) is 2. The van der Waals surface area contributed by atoms with Gasteiger partial charge in [0.05, 0.1) is 5.69 Å². The second-order valence-electron chi connectivity index (χ2n) is 6.31. The molecule has 0 aliphatic heterocycles. The molecule has 0 unspecified atom stereocenters. The summed E-state index contributed by atoms with van der Waals surface area (Å²) in [5, 5.41) is 4.82. The number of anilines is 1. The van der Waals surface area contributed by atoms with Gasteiger partial charge in [0.2, 0.25) is 0 Å². The van der Waals surface area contributed by atoms with E-state index in [0.29, 0.717) is 6.07 Å². The first kappa shape index (κ1) is 18.4. The normalized spacial score (nSPS) is 11.1. The summed E-state index contributed by atoms with van der Waals surface area (Å²) in [6, 6.07) is 4.21. The molecule has 0 bridgehead atoms. The van der Waals surface area contributed by atoms with Crippen LogP contribution in [0.4, 0.5) is 18.9 Å². The fourth-order valence-corrected chi connectivity index (χ4v) is 1.92. The summed E-state index contributed by atoms with van der Waals surface area (Å²) >= 11 is 0. The van der Waals surface area contributed by atoms with E-state index >= 15 is 0 Å². The number of rotatable bonds is 3. The highest BCUT2D eigenvalue weighted by Crippen LogP contribution is 2.20. The maximum Gasteiger partial charge on any atom is 0.274 e. The van der Waals surface area contributed by atoms with Crippen molar-refractivity contribution >= 4 is 17.5 Å². The van der Waals surface area contributed by atoms with Crippen LogP contribution in [0.2, 0.25) is 0 Å². The fourth-order valence-electron chi connectivity index (χ4n) is 1.92. The molecule has 132 valence electrons. The number of benzene rings is 1. The summed E-state index contributed by atoms with van der Waals surface area (Å²) in [5.74, 6) is -5.85. The summed E-state index contributed by atoms with van der Waals surface area (Å²) in [4.78, 5) is 28.0. The van der Waals surface area contributed by atoms with Crippen LogP contribution in [0.1, 0.15) is 41.6 Å². The molecule has 5 nitrogen and oxygen atoms in total. The van der Waals surface area contributed by atoms with Gasteiger partial charge >= 0.3 is 0 Å². The molecule has 0 saturated heterocycles. The zero-order valence-electron chi connectivity index (χ0n) is 13.8. The molecule has 0 aliphatic rings. The number of carbonyl (C=O) groups excluding carboxylic acids is 2. The monoisotopic (exact) mass is 351 g/mol. The van der Waals surface area contributed by atoms with E-state index in [1.54, 1.807) is 20.8 Å². The van der Waals surface area contributed by atoms with E-state index in [1.807, 2.05) is 0 Å². The van der Waals surface area contributed by atoms with Crippen molar-refractivity contribution in [1.82, 2.24) is 10.3 Å². The number of hydrogen-bond donors (Lipinski definition) is 2. The second-order valence-corrected chi connectivity index (χ2v) is 6.31. The molecule has 2 aromatic rings. The Hall–Kier alpha value is -2.90. The van der Waals surface area contributed by atoms with Crippen LogP contribution in [0.15, 0.2) is 30.5 Å². The van der Waals surface area contributed by atoms with Crippen LogP contribution in [0.25, 0.3) is 0 Å². The number of aromatic nitrogens is 1. The maximum absolute atomic E-state index is 13.6. The minimum Gasteiger partial charge on any atom is -0.347 e. The van der Waals surface area contributed by atoms with E-state index in [-0.39, 0.29) is 11.3 Å². The average molecular weight is 351 g/mol. The molecule has 0 saturated carbocycles. The van der Waals surface area contributed by atoms with Crippen molar-refractivity contribution in [3.63, 3.8) is 0 Å². The van der Waals surface area contributed by atoms with Crippen molar-refractivity contribution in [2.75, 3.05) is 5.32 Å². The molecule has 0 spiro atoms. The number of halogens is 3. The van der Waals surface area contributed by atoms with Crippen LogP contribution >= 0.6 is 0 Å². The van der Waals surface area contributed by atoms with E-state index in [4.69, 9.17) is 0 Å². The first-order valence-electron chi connectivity index (χ1n) is 7.32. The van der Waals surface area contributed by atoms with Gasteiger partial charge in [-0.15, -0.1) is 0 Å². The minimum atomic E-state index is -1.69. The first-order valence-corrected chi connectivity index (χ1v) is 7.32. The summed E-state index contributed by atoms with van der Waals surface area (Å²) in [6.07, 6.45) is 1.24.